The lowest BCUT2D eigenvalue weighted by Gasteiger charge is -2.34. The van der Waals surface area contributed by atoms with Crippen molar-refractivity contribution in [1.29, 1.82) is 0 Å². The lowest BCUT2D eigenvalue weighted by atomic mass is 9.94. The molecular formula is C31H34F2N4O4. The van der Waals surface area contributed by atoms with Crippen LogP contribution < -0.4 is 21.1 Å². The second kappa shape index (κ2) is 12.5. The predicted octanol–water partition coefficient (Wildman–Crippen LogP) is 4.92. The molecule has 2 heterocycles. The summed E-state index contributed by atoms with van der Waals surface area (Å²) in [6.45, 7) is 10.0. The quantitative estimate of drug-likeness (QED) is 0.337. The van der Waals surface area contributed by atoms with Crippen molar-refractivity contribution in [2.75, 3.05) is 30.5 Å². The van der Waals surface area contributed by atoms with Gasteiger partial charge in [0.25, 0.3) is 11.5 Å². The van der Waals surface area contributed by atoms with Crippen molar-refractivity contribution in [3.63, 3.8) is 0 Å². The Labute approximate surface area is 237 Å². The summed E-state index contributed by atoms with van der Waals surface area (Å²) in [4.78, 5) is 43.1. The Morgan fingerprint density at radius 2 is 1.78 bits per heavy atom. The molecule has 2 amide bonds. The van der Waals surface area contributed by atoms with Gasteiger partial charge in [0.15, 0.2) is 11.6 Å². The Kier molecular flexibility index (Phi) is 9.02. The highest BCUT2D eigenvalue weighted by Crippen LogP contribution is 2.37. The third-order valence-electron chi connectivity index (χ3n) is 7.48. The number of H-pyrrole nitrogens is 1. The molecule has 1 fully saturated rings. The van der Waals surface area contributed by atoms with E-state index < -0.39 is 23.4 Å². The number of aromatic nitrogens is 1. The minimum absolute atomic E-state index is 0.000895. The molecule has 216 valence electrons. The zero-order valence-electron chi connectivity index (χ0n) is 23.6. The molecule has 10 heteroatoms. The zero-order chi connectivity index (χ0) is 29.8. The first-order valence-electron chi connectivity index (χ1n) is 13.4. The molecule has 4 rings (SSSR count). The molecule has 0 bridgehead atoms. The molecule has 0 saturated carbocycles. The number of ether oxygens (including phenoxy) is 1. The monoisotopic (exact) mass is 564 g/mol. The van der Waals surface area contributed by atoms with Crippen LogP contribution >= 0.6 is 0 Å². The lowest BCUT2D eigenvalue weighted by Crippen LogP contribution is -2.37. The molecule has 8 nitrogen and oxygen atoms in total. The molecule has 0 unspecified atom stereocenters. The second-order valence-corrected chi connectivity index (χ2v) is 10.3. The maximum absolute atomic E-state index is 14.5. The maximum atomic E-state index is 14.5. The number of aromatic amines is 1. The molecular weight excluding hydrogens is 530 g/mol. The molecule has 2 aromatic carbocycles. The number of anilines is 2. The number of nitrogens with one attached hydrogen (secondary N) is 3. The van der Waals surface area contributed by atoms with Crippen LogP contribution in [0.15, 0.2) is 47.8 Å². The standard InChI is InChI=1S/C31H34F2N4O4/c1-6-29(38)36-27-15-26(33)25(32)14-23(27)20-12-22(19(4)28(13-20)37(5)21-7-9-41-10-8-21)30(39)34-16-24-17(2)11-18(3)35-31(24)40/h6,11-15,21H,1,7-10,16H2,2-5H3,(H,34,39)(H,35,40)(H,36,38). The number of rotatable bonds is 8. The third-order valence-corrected chi connectivity index (χ3v) is 7.48. The highest BCUT2D eigenvalue weighted by Gasteiger charge is 2.25. The topological polar surface area (TPSA) is 104 Å². The van der Waals surface area contributed by atoms with Crippen LogP contribution in [0.25, 0.3) is 11.1 Å². The van der Waals surface area contributed by atoms with Crippen molar-refractivity contribution in [3.05, 3.63) is 92.9 Å². The fourth-order valence-electron chi connectivity index (χ4n) is 5.16. The van der Waals surface area contributed by atoms with Crippen molar-refractivity contribution in [3.8, 4) is 11.1 Å². The van der Waals surface area contributed by atoms with E-state index in [1.54, 1.807) is 26.0 Å². The van der Waals surface area contributed by atoms with Gasteiger partial charge in [-0.3, -0.25) is 14.4 Å². The highest BCUT2D eigenvalue weighted by molar-refractivity contribution is 6.03. The SMILES string of the molecule is C=CC(=O)Nc1cc(F)c(F)cc1-c1cc(C(=O)NCc2c(C)cc(C)[nH]c2=O)c(C)c(N(C)C2CCOCC2)c1. The van der Waals surface area contributed by atoms with Gasteiger partial charge in [-0.2, -0.15) is 0 Å². The van der Waals surface area contributed by atoms with Gasteiger partial charge >= 0.3 is 0 Å². The second-order valence-electron chi connectivity index (χ2n) is 10.3. The summed E-state index contributed by atoms with van der Waals surface area (Å²) in [7, 11) is 1.92. The van der Waals surface area contributed by atoms with E-state index in [-0.39, 0.29) is 29.4 Å². The summed E-state index contributed by atoms with van der Waals surface area (Å²) in [6, 6.07) is 7.24. The molecule has 3 aromatic rings. The number of amides is 2. The van der Waals surface area contributed by atoms with Crippen molar-refractivity contribution in [1.82, 2.24) is 10.3 Å². The average molecular weight is 565 g/mol. The van der Waals surface area contributed by atoms with Gasteiger partial charge in [0, 0.05) is 67.0 Å². The van der Waals surface area contributed by atoms with Crippen LogP contribution in [0, 0.1) is 32.4 Å². The van der Waals surface area contributed by atoms with Gasteiger partial charge in [0.05, 0.1) is 5.69 Å². The number of aryl methyl sites for hydroxylation is 2. The number of nitrogens with zero attached hydrogens (tertiary/aromatic N) is 1. The van der Waals surface area contributed by atoms with E-state index in [4.69, 9.17) is 4.74 Å². The summed E-state index contributed by atoms with van der Waals surface area (Å²) in [5.74, 6) is -3.27. The van der Waals surface area contributed by atoms with E-state index in [1.165, 1.54) is 0 Å². The summed E-state index contributed by atoms with van der Waals surface area (Å²) >= 11 is 0. The van der Waals surface area contributed by atoms with Gasteiger partial charge < -0.3 is 25.3 Å². The van der Waals surface area contributed by atoms with Gasteiger partial charge in [-0.1, -0.05) is 6.58 Å². The molecule has 1 aromatic heterocycles. The molecule has 1 aliphatic rings. The smallest absolute Gasteiger partial charge is 0.253 e. The summed E-state index contributed by atoms with van der Waals surface area (Å²) in [5, 5.41) is 5.38. The Morgan fingerprint density at radius 1 is 1.10 bits per heavy atom. The van der Waals surface area contributed by atoms with E-state index in [2.05, 4.69) is 27.1 Å². The summed E-state index contributed by atoms with van der Waals surface area (Å²) in [6.07, 6.45) is 2.59. The van der Waals surface area contributed by atoms with Gasteiger partial charge in [-0.15, -0.1) is 0 Å². The first kappa shape index (κ1) is 29.7. The molecule has 41 heavy (non-hydrogen) atoms. The summed E-state index contributed by atoms with van der Waals surface area (Å²) in [5.41, 5.74) is 3.94. The molecule has 1 saturated heterocycles. The van der Waals surface area contributed by atoms with Crippen LogP contribution in [0.1, 0.15) is 45.6 Å². The van der Waals surface area contributed by atoms with E-state index in [1.807, 2.05) is 20.0 Å². The van der Waals surface area contributed by atoms with Crippen LogP contribution in [-0.2, 0) is 16.1 Å². The Bertz CT molecular complexity index is 1560. The van der Waals surface area contributed by atoms with Crippen LogP contribution in [0.4, 0.5) is 20.2 Å². The fraction of sp³-hybridized carbons (Fsp3) is 0.323. The molecule has 1 aliphatic heterocycles. The van der Waals surface area contributed by atoms with Crippen LogP contribution in [0.2, 0.25) is 0 Å². The van der Waals surface area contributed by atoms with Crippen molar-refractivity contribution in [2.45, 2.75) is 46.2 Å². The van der Waals surface area contributed by atoms with Gasteiger partial charge in [0.2, 0.25) is 5.91 Å². The third kappa shape index (κ3) is 6.54. The minimum atomic E-state index is -1.13. The molecule has 0 atom stereocenters. The van der Waals surface area contributed by atoms with E-state index in [0.717, 1.165) is 48.0 Å². The number of benzene rings is 2. The van der Waals surface area contributed by atoms with E-state index in [9.17, 15) is 23.2 Å². The number of pyridine rings is 1. The average Bonchev–Trinajstić information content (AvgIpc) is 2.94. The van der Waals surface area contributed by atoms with Crippen molar-refractivity contribution < 1.29 is 23.1 Å². The van der Waals surface area contributed by atoms with Crippen molar-refractivity contribution in [2.24, 2.45) is 0 Å². The van der Waals surface area contributed by atoms with Crippen molar-refractivity contribution >= 4 is 23.2 Å². The van der Waals surface area contributed by atoms with Gasteiger partial charge in [0.1, 0.15) is 0 Å². The lowest BCUT2D eigenvalue weighted by molar-refractivity contribution is -0.111. The van der Waals surface area contributed by atoms with Crippen LogP contribution in [0.3, 0.4) is 0 Å². The zero-order valence-corrected chi connectivity index (χ0v) is 23.6. The number of hydrogen-bond acceptors (Lipinski definition) is 5. The first-order chi connectivity index (χ1) is 19.5. The first-order valence-corrected chi connectivity index (χ1v) is 13.4. The highest BCUT2D eigenvalue weighted by atomic mass is 19.2. The Hall–Kier alpha value is -4.31. The fourth-order valence-corrected chi connectivity index (χ4v) is 5.16. The van der Waals surface area contributed by atoms with Gasteiger partial charge in [-0.25, -0.2) is 8.78 Å². The number of hydrogen-bond donors (Lipinski definition) is 3. The number of carbonyl (C=O) groups is 2. The normalized spacial score (nSPS) is 13.5. The number of halogens is 2. The van der Waals surface area contributed by atoms with Crippen LogP contribution in [-0.4, -0.2) is 43.1 Å². The molecule has 0 spiro atoms. The maximum Gasteiger partial charge on any atom is 0.253 e. The Morgan fingerprint density at radius 3 is 2.44 bits per heavy atom. The molecule has 3 N–H and O–H groups in total. The molecule has 0 aliphatic carbocycles. The Balaban J connectivity index is 1.82. The van der Waals surface area contributed by atoms with Gasteiger partial charge in [-0.05, 0) is 80.6 Å². The summed E-state index contributed by atoms with van der Waals surface area (Å²) < 4.78 is 34.3. The molecule has 0 radical (unpaired) electrons. The predicted molar refractivity (Wildman–Crippen MR) is 155 cm³/mol. The van der Waals surface area contributed by atoms with Crippen LogP contribution in [0.5, 0.6) is 0 Å². The number of carbonyl (C=O) groups excluding carboxylic acids is 2. The minimum Gasteiger partial charge on any atom is -0.381 e. The van der Waals surface area contributed by atoms with E-state index >= 15 is 0 Å². The van der Waals surface area contributed by atoms with E-state index in [0.29, 0.717) is 35.5 Å². The largest absolute Gasteiger partial charge is 0.381 e.